The lowest BCUT2D eigenvalue weighted by Gasteiger charge is -2.42. The zero-order chi connectivity index (χ0) is 27.5. The van der Waals surface area contributed by atoms with Gasteiger partial charge in [0.2, 0.25) is 11.8 Å². The highest BCUT2D eigenvalue weighted by Crippen LogP contribution is 2.41. The number of aliphatic imine (C=N–C) groups is 1. The number of carbonyl (C=O) groups is 2. The van der Waals surface area contributed by atoms with Crippen LogP contribution >= 0.6 is 0 Å². The molecule has 0 bridgehead atoms. The molecule has 2 aromatic rings. The van der Waals surface area contributed by atoms with Crippen LogP contribution in [0.3, 0.4) is 0 Å². The Morgan fingerprint density at radius 1 is 1.32 bits per heavy atom. The van der Waals surface area contributed by atoms with Gasteiger partial charge in [0.1, 0.15) is 28.5 Å². The summed E-state index contributed by atoms with van der Waals surface area (Å²) in [5, 5.41) is 0.855. The molecule has 1 fully saturated rings. The fourth-order valence-corrected chi connectivity index (χ4v) is 5.91. The number of carbonyl (C=O) groups excluding carboxylic acids is 2. The largest absolute Gasteiger partial charge is 0.483 e. The zero-order valence-electron chi connectivity index (χ0n) is 23.2. The van der Waals surface area contributed by atoms with Crippen molar-refractivity contribution >= 4 is 34.9 Å². The van der Waals surface area contributed by atoms with E-state index in [1.807, 2.05) is 69.9 Å². The van der Waals surface area contributed by atoms with Crippen molar-refractivity contribution in [3.8, 4) is 5.75 Å². The van der Waals surface area contributed by atoms with Gasteiger partial charge in [-0.15, -0.1) is 6.58 Å². The number of ether oxygens (including phenoxy) is 3. The van der Waals surface area contributed by atoms with Crippen molar-refractivity contribution in [3.63, 3.8) is 0 Å². The van der Waals surface area contributed by atoms with Crippen molar-refractivity contribution in [2.24, 2.45) is 4.99 Å². The molecule has 0 saturated carbocycles. The molecule has 1 aromatic heterocycles. The van der Waals surface area contributed by atoms with E-state index in [1.165, 1.54) is 4.57 Å². The highest BCUT2D eigenvalue weighted by molar-refractivity contribution is 6.01. The van der Waals surface area contributed by atoms with Crippen LogP contribution in [-0.4, -0.2) is 63.8 Å². The lowest BCUT2D eigenvalue weighted by Crippen LogP contribution is -2.59. The van der Waals surface area contributed by atoms with Crippen molar-refractivity contribution in [2.75, 3.05) is 13.7 Å². The molecule has 1 amide bonds. The first-order valence-corrected chi connectivity index (χ1v) is 13.2. The minimum atomic E-state index is -0.668. The van der Waals surface area contributed by atoms with E-state index in [2.05, 4.69) is 6.58 Å². The second kappa shape index (κ2) is 9.03. The monoisotopic (exact) mass is 519 g/mol. The minimum absolute atomic E-state index is 0.0220. The molecule has 3 aliphatic rings. The number of rotatable bonds is 4. The normalized spacial score (nSPS) is 23.9. The van der Waals surface area contributed by atoms with Crippen LogP contribution in [0.25, 0.3) is 17.0 Å². The first-order chi connectivity index (χ1) is 17.9. The number of hydrogen-bond donors (Lipinski definition) is 0. The highest BCUT2D eigenvalue weighted by Gasteiger charge is 2.52. The third-order valence-electron chi connectivity index (χ3n) is 7.46. The van der Waals surface area contributed by atoms with E-state index >= 15 is 0 Å². The molecular formula is C30H37N3O5. The third kappa shape index (κ3) is 4.29. The Kier molecular flexibility index (Phi) is 6.20. The van der Waals surface area contributed by atoms with Crippen LogP contribution < -0.4 is 4.74 Å². The fourth-order valence-electron chi connectivity index (χ4n) is 5.91. The van der Waals surface area contributed by atoms with Crippen LogP contribution in [0.2, 0.25) is 0 Å². The van der Waals surface area contributed by atoms with E-state index in [0.29, 0.717) is 36.6 Å². The summed E-state index contributed by atoms with van der Waals surface area (Å²) in [6, 6.07) is 3.22. The number of hydrogen-bond acceptors (Lipinski definition) is 6. The number of nitrogens with zero attached hydrogens (tertiary/aromatic N) is 3. The van der Waals surface area contributed by atoms with Crippen molar-refractivity contribution in [2.45, 2.75) is 83.1 Å². The predicted octanol–water partition coefficient (Wildman–Crippen LogP) is 5.52. The molecule has 0 spiro atoms. The predicted molar refractivity (Wildman–Crippen MR) is 148 cm³/mol. The van der Waals surface area contributed by atoms with E-state index in [4.69, 9.17) is 19.2 Å². The van der Waals surface area contributed by atoms with Crippen LogP contribution in [0.4, 0.5) is 4.79 Å². The topological polar surface area (TPSA) is 82.4 Å². The van der Waals surface area contributed by atoms with Gasteiger partial charge in [-0.1, -0.05) is 6.08 Å². The van der Waals surface area contributed by atoms with E-state index in [0.717, 1.165) is 29.4 Å². The van der Waals surface area contributed by atoms with Gasteiger partial charge in [-0.2, -0.15) is 0 Å². The molecule has 1 aromatic carbocycles. The Labute approximate surface area is 223 Å². The van der Waals surface area contributed by atoms with Gasteiger partial charge in [-0.3, -0.25) is 9.36 Å². The molecule has 5 rings (SSSR count). The molecule has 4 heterocycles. The summed E-state index contributed by atoms with van der Waals surface area (Å²) in [6.45, 7) is 14.1. The number of fused-ring (bicyclic) bond motifs is 4. The highest BCUT2D eigenvalue weighted by atomic mass is 16.6. The Morgan fingerprint density at radius 3 is 2.76 bits per heavy atom. The molecule has 0 N–H and O–H groups in total. The molecule has 1 saturated heterocycles. The maximum atomic E-state index is 13.7. The molecule has 0 radical (unpaired) electrons. The van der Waals surface area contributed by atoms with Crippen molar-refractivity contribution < 1.29 is 23.8 Å². The van der Waals surface area contributed by atoms with Gasteiger partial charge < -0.3 is 19.1 Å². The molecule has 202 valence electrons. The summed E-state index contributed by atoms with van der Waals surface area (Å²) in [4.78, 5) is 33.8. The summed E-state index contributed by atoms with van der Waals surface area (Å²) >= 11 is 0. The Bertz CT molecular complexity index is 1380. The summed E-state index contributed by atoms with van der Waals surface area (Å²) in [5.41, 5.74) is 0.653. The van der Waals surface area contributed by atoms with Gasteiger partial charge >= 0.3 is 6.09 Å². The molecular weight excluding hydrogens is 482 g/mol. The van der Waals surface area contributed by atoms with E-state index in [1.54, 1.807) is 13.3 Å². The number of benzene rings is 1. The van der Waals surface area contributed by atoms with Crippen molar-refractivity contribution in [1.82, 2.24) is 9.47 Å². The Hall–Kier alpha value is -3.55. The molecule has 0 aliphatic carbocycles. The first-order valence-electron chi connectivity index (χ1n) is 13.2. The van der Waals surface area contributed by atoms with Gasteiger partial charge in [0.15, 0.2) is 0 Å². The maximum Gasteiger partial charge on any atom is 0.419 e. The van der Waals surface area contributed by atoms with Gasteiger partial charge in [0.05, 0.1) is 12.6 Å². The number of aromatic nitrogens is 1. The van der Waals surface area contributed by atoms with Gasteiger partial charge in [0, 0.05) is 30.1 Å². The van der Waals surface area contributed by atoms with Crippen molar-refractivity contribution in [3.05, 3.63) is 48.2 Å². The molecule has 8 heteroatoms. The van der Waals surface area contributed by atoms with Crippen LogP contribution in [0.1, 0.15) is 65.0 Å². The zero-order valence-corrected chi connectivity index (χ0v) is 23.2. The standard InChI is InChI=1S/C30H37N3O5/c1-8-13-30-14-9-16-33(30)25(34)22(31-26(30)36-7)17-19-18-32(27(35)38-28(2,3)4)24-20(19)10-11-23-21(24)12-15-29(5,6)37-23/h8,10-12,15,18,22H,1,9,13-14,16-17H2,2-7H3/t22-,30+/m1/s1. The number of amides is 1. The molecule has 2 atom stereocenters. The number of methoxy groups -OCH3 is 1. The smallest absolute Gasteiger partial charge is 0.419 e. The van der Waals surface area contributed by atoms with Crippen molar-refractivity contribution in [1.29, 1.82) is 0 Å². The fraction of sp³-hybridized carbons (Fsp3) is 0.500. The molecule has 8 nitrogen and oxygen atoms in total. The lowest BCUT2D eigenvalue weighted by molar-refractivity contribution is -0.136. The van der Waals surface area contributed by atoms with E-state index in [9.17, 15) is 9.59 Å². The van der Waals surface area contributed by atoms with Gasteiger partial charge in [-0.25, -0.2) is 9.79 Å². The second-order valence-corrected chi connectivity index (χ2v) is 11.9. The van der Waals surface area contributed by atoms with Crippen LogP contribution in [0.15, 0.2) is 42.1 Å². The Morgan fingerprint density at radius 2 is 2.08 bits per heavy atom. The average Bonchev–Trinajstić information content (AvgIpc) is 3.42. The van der Waals surface area contributed by atoms with E-state index in [-0.39, 0.29) is 5.91 Å². The SMILES string of the molecule is C=CC[C@@]12CCCN1C(=O)[C@@H](Cc1cn(C(=O)OC(C)(C)C)c3c4c(ccc13)OC(C)(C)C=C4)N=C2OC. The summed E-state index contributed by atoms with van der Waals surface area (Å²) in [6.07, 6.45) is 9.71. The molecule has 0 unspecified atom stereocenters. The van der Waals surface area contributed by atoms with E-state index < -0.39 is 28.9 Å². The van der Waals surface area contributed by atoms with Crippen LogP contribution in [0, 0.1) is 0 Å². The average molecular weight is 520 g/mol. The Balaban J connectivity index is 1.61. The minimum Gasteiger partial charge on any atom is -0.483 e. The summed E-state index contributed by atoms with van der Waals surface area (Å²) in [7, 11) is 1.61. The van der Waals surface area contributed by atoms with Gasteiger partial charge in [0.25, 0.3) is 0 Å². The first kappa shape index (κ1) is 26.1. The quantitative estimate of drug-likeness (QED) is 0.497. The molecule has 3 aliphatic heterocycles. The van der Waals surface area contributed by atoms with Gasteiger partial charge in [-0.05, 0) is 83.7 Å². The second-order valence-electron chi connectivity index (χ2n) is 11.9. The van der Waals surface area contributed by atoms with Crippen LogP contribution in [0.5, 0.6) is 5.75 Å². The molecule has 38 heavy (non-hydrogen) atoms. The summed E-state index contributed by atoms with van der Waals surface area (Å²) in [5.74, 6) is 1.25. The van der Waals surface area contributed by atoms with Crippen LogP contribution in [-0.2, 0) is 20.7 Å². The third-order valence-corrected chi connectivity index (χ3v) is 7.46. The maximum absolute atomic E-state index is 13.7. The summed E-state index contributed by atoms with van der Waals surface area (Å²) < 4.78 is 19.2. The lowest BCUT2D eigenvalue weighted by atomic mass is 9.88.